The molecule has 0 bridgehead atoms. The van der Waals surface area contributed by atoms with Crippen LogP contribution in [0.15, 0.2) is 30.6 Å². The summed E-state index contributed by atoms with van der Waals surface area (Å²) in [5.41, 5.74) is 3.07. The molecule has 0 spiro atoms. The van der Waals surface area contributed by atoms with E-state index in [1.54, 1.807) is 16.9 Å². The second-order valence-electron chi connectivity index (χ2n) is 11.0. The van der Waals surface area contributed by atoms with Crippen molar-refractivity contribution in [3.63, 3.8) is 0 Å². The number of hydrogen-bond donors (Lipinski definition) is 2. The minimum absolute atomic E-state index is 0.0105. The molecule has 2 amide bonds. The third-order valence-corrected chi connectivity index (χ3v) is 8.58. The minimum atomic E-state index is -0.188. The summed E-state index contributed by atoms with van der Waals surface area (Å²) in [6.07, 6.45) is 9.85. The van der Waals surface area contributed by atoms with Gasteiger partial charge in [0, 0.05) is 31.6 Å². The van der Waals surface area contributed by atoms with Crippen LogP contribution in [0.25, 0.3) is 5.65 Å². The second kappa shape index (κ2) is 9.33. The van der Waals surface area contributed by atoms with Crippen LogP contribution in [0, 0.1) is 29.6 Å². The fourth-order valence-electron chi connectivity index (χ4n) is 6.27. The Bertz CT molecular complexity index is 1270. The third-order valence-electron chi connectivity index (χ3n) is 8.58. The SMILES string of the molecule is CCn1nccc1C(=O)N[C@H](c1cn2nc(CC3C(=O)NCC4CC43)ccc2n1)C1CCC(C)CC1. The van der Waals surface area contributed by atoms with Crippen LogP contribution in [-0.2, 0) is 17.8 Å². The first kappa shape index (κ1) is 23.2. The lowest BCUT2D eigenvalue weighted by atomic mass is 9.78. The van der Waals surface area contributed by atoms with Gasteiger partial charge in [0.1, 0.15) is 5.69 Å². The van der Waals surface area contributed by atoms with Crippen LogP contribution < -0.4 is 10.6 Å². The Hall–Kier alpha value is -3.23. The van der Waals surface area contributed by atoms with Crippen molar-refractivity contribution in [1.29, 1.82) is 0 Å². The predicted molar refractivity (Wildman–Crippen MR) is 134 cm³/mol. The molecule has 6 rings (SSSR count). The first-order valence-corrected chi connectivity index (χ1v) is 13.5. The van der Waals surface area contributed by atoms with Crippen molar-refractivity contribution in [1.82, 2.24) is 35.0 Å². The Morgan fingerprint density at radius 1 is 1.22 bits per heavy atom. The normalized spacial score (nSPS) is 28.4. The van der Waals surface area contributed by atoms with Crippen molar-refractivity contribution in [2.24, 2.45) is 29.6 Å². The Morgan fingerprint density at radius 3 is 2.86 bits per heavy atom. The highest BCUT2D eigenvalue weighted by molar-refractivity contribution is 5.92. The van der Waals surface area contributed by atoms with Crippen LogP contribution in [0.1, 0.15) is 73.9 Å². The standard InChI is InChI=1S/C27H35N7O2/c1-3-33-23(10-11-29-33)27(36)31-25(17-6-4-16(2)5-7-17)22-15-34-24(30-22)9-8-19(32-34)13-21-20-12-18(20)14-28-26(21)35/h8-11,15-18,20-21,25H,3-7,12-14H2,1-2H3,(H,28,35)(H,31,36)/t16?,17?,18?,20?,21?,25-/m0/s1. The molecule has 3 unspecified atom stereocenters. The van der Waals surface area contributed by atoms with Crippen molar-refractivity contribution in [3.05, 3.63) is 47.7 Å². The number of carbonyl (C=O) groups is 2. The van der Waals surface area contributed by atoms with Crippen LogP contribution in [0.5, 0.6) is 0 Å². The molecule has 1 aliphatic heterocycles. The molecule has 36 heavy (non-hydrogen) atoms. The zero-order valence-corrected chi connectivity index (χ0v) is 21.1. The van der Waals surface area contributed by atoms with Crippen LogP contribution in [0.4, 0.5) is 0 Å². The van der Waals surface area contributed by atoms with Gasteiger partial charge in [-0.15, -0.1) is 0 Å². The highest BCUT2D eigenvalue weighted by Gasteiger charge is 2.49. The Balaban J connectivity index is 1.26. The number of nitrogens with zero attached hydrogens (tertiary/aromatic N) is 5. The summed E-state index contributed by atoms with van der Waals surface area (Å²) < 4.78 is 3.54. The lowest BCUT2D eigenvalue weighted by Crippen LogP contribution is -2.39. The van der Waals surface area contributed by atoms with E-state index in [9.17, 15) is 9.59 Å². The zero-order valence-electron chi connectivity index (χ0n) is 21.1. The number of imidazole rings is 1. The van der Waals surface area contributed by atoms with Gasteiger partial charge in [-0.3, -0.25) is 14.3 Å². The summed E-state index contributed by atoms with van der Waals surface area (Å²) in [6.45, 7) is 5.75. The number of carbonyl (C=O) groups excluding carboxylic acids is 2. The minimum Gasteiger partial charge on any atom is -0.356 e. The second-order valence-corrected chi connectivity index (χ2v) is 11.0. The van der Waals surface area contributed by atoms with Crippen molar-refractivity contribution in [3.8, 4) is 0 Å². The number of aryl methyl sites for hydroxylation is 1. The molecule has 4 atom stereocenters. The Labute approximate surface area is 211 Å². The maximum atomic E-state index is 13.3. The summed E-state index contributed by atoms with van der Waals surface area (Å²) in [4.78, 5) is 30.6. The van der Waals surface area contributed by atoms with Crippen molar-refractivity contribution in [2.75, 3.05) is 6.54 Å². The predicted octanol–water partition coefficient (Wildman–Crippen LogP) is 3.17. The largest absolute Gasteiger partial charge is 0.356 e. The van der Waals surface area contributed by atoms with Crippen LogP contribution in [0.2, 0.25) is 0 Å². The van der Waals surface area contributed by atoms with E-state index in [2.05, 4.69) is 22.7 Å². The molecule has 9 heteroatoms. The molecule has 0 radical (unpaired) electrons. The molecular weight excluding hydrogens is 454 g/mol. The molecule has 2 N–H and O–H groups in total. The van der Waals surface area contributed by atoms with E-state index >= 15 is 0 Å². The van der Waals surface area contributed by atoms with E-state index in [0.29, 0.717) is 42.3 Å². The average Bonchev–Trinajstić information content (AvgIpc) is 3.31. The first-order chi connectivity index (χ1) is 17.5. The van der Waals surface area contributed by atoms with E-state index in [1.807, 2.05) is 29.8 Å². The highest BCUT2D eigenvalue weighted by Crippen LogP contribution is 2.47. The third kappa shape index (κ3) is 4.40. The van der Waals surface area contributed by atoms with Crippen molar-refractivity contribution < 1.29 is 9.59 Å². The van der Waals surface area contributed by atoms with Crippen LogP contribution >= 0.6 is 0 Å². The Kier molecular flexibility index (Phi) is 6.01. The van der Waals surface area contributed by atoms with Gasteiger partial charge >= 0.3 is 0 Å². The molecule has 2 aliphatic carbocycles. The van der Waals surface area contributed by atoms with Crippen molar-refractivity contribution >= 4 is 17.5 Å². The number of rotatable bonds is 7. The fraction of sp³-hybridized carbons (Fsp3) is 0.593. The molecule has 9 nitrogen and oxygen atoms in total. The molecule has 4 heterocycles. The summed E-state index contributed by atoms with van der Waals surface area (Å²) in [5, 5.41) is 15.4. The van der Waals surface area contributed by atoms with Gasteiger partial charge in [-0.1, -0.05) is 19.8 Å². The summed E-state index contributed by atoms with van der Waals surface area (Å²) in [7, 11) is 0. The van der Waals surface area contributed by atoms with E-state index in [4.69, 9.17) is 10.1 Å². The Morgan fingerprint density at radius 2 is 2.06 bits per heavy atom. The maximum Gasteiger partial charge on any atom is 0.270 e. The first-order valence-electron chi connectivity index (χ1n) is 13.5. The smallest absolute Gasteiger partial charge is 0.270 e. The summed E-state index contributed by atoms with van der Waals surface area (Å²) in [6, 6.07) is 5.54. The van der Waals surface area contributed by atoms with Gasteiger partial charge in [0.05, 0.1) is 23.6 Å². The molecule has 3 aromatic heterocycles. The number of hydrogen-bond acceptors (Lipinski definition) is 5. The van der Waals surface area contributed by atoms with Gasteiger partial charge in [-0.05, 0) is 68.1 Å². The lowest BCUT2D eigenvalue weighted by Gasteiger charge is -2.32. The van der Waals surface area contributed by atoms with Gasteiger partial charge in [0.25, 0.3) is 5.91 Å². The van der Waals surface area contributed by atoms with E-state index in [1.165, 1.54) is 0 Å². The number of fused-ring (bicyclic) bond motifs is 2. The molecule has 190 valence electrons. The number of aromatic nitrogens is 5. The topological polar surface area (TPSA) is 106 Å². The lowest BCUT2D eigenvalue weighted by molar-refractivity contribution is -0.127. The average molecular weight is 490 g/mol. The van der Waals surface area contributed by atoms with Crippen molar-refractivity contribution in [2.45, 2.75) is 65.0 Å². The van der Waals surface area contributed by atoms with E-state index < -0.39 is 0 Å². The fourth-order valence-corrected chi connectivity index (χ4v) is 6.27. The molecule has 3 aromatic rings. The zero-order chi connectivity index (χ0) is 24.8. The molecular formula is C27H35N7O2. The number of amides is 2. The number of piperidine rings is 1. The molecule has 2 saturated carbocycles. The molecule has 3 fully saturated rings. The monoisotopic (exact) mass is 489 g/mol. The van der Waals surface area contributed by atoms with Gasteiger partial charge < -0.3 is 10.6 Å². The van der Waals surface area contributed by atoms with E-state index in [0.717, 1.165) is 55.7 Å². The maximum absolute atomic E-state index is 13.3. The molecule has 1 saturated heterocycles. The quantitative estimate of drug-likeness (QED) is 0.530. The van der Waals surface area contributed by atoms with Gasteiger partial charge in [-0.2, -0.15) is 10.2 Å². The van der Waals surface area contributed by atoms with Gasteiger partial charge in [-0.25, -0.2) is 9.50 Å². The van der Waals surface area contributed by atoms with Crippen LogP contribution in [0.3, 0.4) is 0 Å². The van der Waals surface area contributed by atoms with E-state index in [-0.39, 0.29) is 23.8 Å². The molecule has 3 aliphatic rings. The summed E-state index contributed by atoms with van der Waals surface area (Å²) >= 11 is 0. The number of nitrogens with one attached hydrogen (secondary N) is 2. The highest BCUT2D eigenvalue weighted by atomic mass is 16.2. The van der Waals surface area contributed by atoms with Gasteiger partial charge in [0.2, 0.25) is 5.91 Å². The van der Waals surface area contributed by atoms with Gasteiger partial charge in [0.15, 0.2) is 5.65 Å². The molecule has 0 aromatic carbocycles. The summed E-state index contributed by atoms with van der Waals surface area (Å²) in [5.74, 6) is 2.23. The van der Waals surface area contributed by atoms with Crippen LogP contribution in [-0.4, -0.2) is 42.7 Å².